The van der Waals surface area contributed by atoms with E-state index in [9.17, 15) is 4.79 Å². The predicted molar refractivity (Wildman–Crippen MR) is 59.2 cm³/mol. The summed E-state index contributed by atoms with van der Waals surface area (Å²) in [6.07, 6.45) is 13.3. The van der Waals surface area contributed by atoms with Crippen molar-refractivity contribution in [3.63, 3.8) is 0 Å². The lowest BCUT2D eigenvalue weighted by Gasteiger charge is -2.22. The number of nitrogens with zero attached hydrogens (tertiary/aromatic N) is 1. The highest BCUT2D eigenvalue weighted by atomic mass is 16.2. The summed E-state index contributed by atoms with van der Waals surface area (Å²) in [7, 11) is 0. The van der Waals surface area contributed by atoms with Gasteiger partial charge in [0.2, 0.25) is 0 Å². The van der Waals surface area contributed by atoms with E-state index in [0.29, 0.717) is 5.92 Å². The van der Waals surface area contributed by atoms with Gasteiger partial charge in [-0.1, -0.05) is 36.5 Å². The molecule has 0 fully saturated rings. The van der Waals surface area contributed by atoms with Gasteiger partial charge in [0.25, 0.3) is 0 Å². The van der Waals surface area contributed by atoms with Crippen molar-refractivity contribution < 1.29 is 4.79 Å². The van der Waals surface area contributed by atoms with E-state index < -0.39 is 6.03 Å². The lowest BCUT2D eigenvalue weighted by atomic mass is 9.84. The van der Waals surface area contributed by atoms with Gasteiger partial charge in [-0.3, -0.25) is 0 Å². The minimum atomic E-state index is -0.621. The van der Waals surface area contributed by atoms with Crippen LogP contribution in [0.3, 0.4) is 0 Å². The van der Waals surface area contributed by atoms with Crippen LogP contribution in [0.15, 0.2) is 41.6 Å². The number of hydrogen-bond donors (Lipinski definition) is 2. The van der Waals surface area contributed by atoms with Gasteiger partial charge in [-0.15, -0.1) is 0 Å². The Hall–Kier alpha value is -1.84. The fourth-order valence-electron chi connectivity index (χ4n) is 1.76. The highest BCUT2D eigenvalue weighted by Crippen LogP contribution is 2.24. The van der Waals surface area contributed by atoms with Crippen LogP contribution in [0.1, 0.15) is 6.42 Å². The second-order valence-electron chi connectivity index (χ2n) is 3.63. The Balaban J connectivity index is 2.19. The monoisotopic (exact) mass is 203 g/mol. The van der Waals surface area contributed by atoms with E-state index in [4.69, 9.17) is 5.73 Å². The summed E-state index contributed by atoms with van der Waals surface area (Å²) in [4.78, 5) is 10.6. The number of primary amides is 1. The number of fused-ring (bicyclic) bond motifs is 2. The maximum absolute atomic E-state index is 10.6. The fraction of sp³-hybridized carbons (Fsp3) is 0.273. The zero-order chi connectivity index (χ0) is 10.7. The van der Waals surface area contributed by atoms with E-state index in [2.05, 4.69) is 28.8 Å². The Kier molecular flexibility index (Phi) is 2.67. The van der Waals surface area contributed by atoms with E-state index >= 15 is 0 Å². The van der Waals surface area contributed by atoms with Crippen LogP contribution in [0.2, 0.25) is 0 Å². The third-order valence-electron chi connectivity index (χ3n) is 2.49. The number of rotatable bonds is 1. The quantitative estimate of drug-likeness (QED) is 0.490. The average Bonchev–Trinajstić information content (AvgIpc) is 2.15. The van der Waals surface area contributed by atoms with Gasteiger partial charge in [-0.2, -0.15) is 5.10 Å². The van der Waals surface area contributed by atoms with E-state index in [1.165, 1.54) is 0 Å². The van der Waals surface area contributed by atoms with Gasteiger partial charge in [0.1, 0.15) is 0 Å². The fourth-order valence-corrected chi connectivity index (χ4v) is 1.76. The van der Waals surface area contributed by atoms with Crippen LogP contribution in [0.5, 0.6) is 0 Å². The molecule has 0 saturated heterocycles. The molecule has 0 heterocycles. The molecule has 4 nitrogen and oxygen atoms in total. The number of urea groups is 1. The molecule has 0 saturated carbocycles. The molecule has 0 aliphatic heterocycles. The summed E-state index contributed by atoms with van der Waals surface area (Å²) in [5.74, 6) is 0.553. The Bertz CT molecular complexity index is 379. The van der Waals surface area contributed by atoms with Gasteiger partial charge in [-0.25, -0.2) is 10.2 Å². The van der Waals surface area contributed by atoms with Crippen LogP contribution >= 0.6 is 0 Å². The van der Waals surface area contributed by atoms with Crippen LogP contribution in [0.25, 0.3) is 0 Å². The van der Waals surface area contributed by atoms with Crippen LogP contribution < -0.4 is 11.2 Å². The molecule has 78 valence electrons. The largest absolute Gasteiger partial charge is 0.350 e. The minimum absolute atomic E-state index is 0.179. The third-order valence-corrected chi connectivity index (χ3v) is 2.49. The zero-order valence-electron chi connectivity index (χ0n) is 8.26. The molecule has 0 aromatic heterocycles. The number of amides is 2. The number of allylic oxidation sites excluding steroid dienone is 6. The Morgan fingerprint density at radius 1 is 1.33 bits per heavy atom. The summed E-state index contributed by atoms with van der Waals surface area (Å²) in [5, 5.41) is 4.02. The second kappa shape index (κ2) is 4.13. The number of carbonyl (C=O) groups excluding carboxylic acids is 1. The highest BCUT2D eigenvalue weighted by Gasteiger charge is 2.20. The molecule has 3 N–H and O–H groups in total. The number of hydrogen-bond acceptors (Lipinski definition) is 2. The Morgan fingerprint density at radius 2 is 2.13 bits per heavy atom. The third kappa shape index (κ3) is 2.34. The smallest absolute Gasteiger partial charge is 0.332 e. The summed E-state index contributed by atoms with van der Waals surface area (Å²) in [6.45, 7) is 0. The molecular formula is C11H13N3O. The molecule has 15 heavy (non-hydrogen) atoms. The van der Waals surface area contributed by atoms with Crippen molar-refractivity contribution in [2.75, 3.05) is 0 Å². The van der Waals surface area contributed by atoms with E-state index in [0.717, 1.165) is 12.1 Å². The van der Waals surface area contributed by atoms with Crippen molar-refractivity contribution in [3.8, 4) is 0 Å². The molecule has 4 heteroatoms. The summed E-state index contributed by atoms with van der Waals surface area (Å²) >= 11 is 0. The van der Waals surface area contributed by atoms with E-state index in [1.54, 1.807) is 0 Å². The van der Waals surface area contributed by atoms with Gasteiger partial charge >= 0.3 is 6.03 Å². The molecule has 2 unspecified atom stereocenters. The van der Waals surface area contributed by atoms with Gasteiger partial charge in [0.15, 0.2) is 0 Å². The summed E-state index contributed by atoms with van der Waals surface area (Å²) in [6, 6.07) is -0.621. The molecule has 0 radical (unpaired) electrons. The Morgan fingerprint density at radius 3 is 2.93 bits per heavy atom. The molecular weight excluding hydrogens is 190 g/mol. The first kappa shape index (κ1) is 9.71. The molecule has 3 rings (SSSR count). The van der Waals surface area contributed by atoms with E-state index in [-0.39, 0.29) is 5.92 Å². The first-order valence-corrected chi connectivity index (χ1v) is 4.91. The molecule has 3 aliphatic rings. The van der Waals surface area contributed by atoms with Gasteiger partial charge < -0.3 is 5.73 Å². The SMILES string of the molecule is NC(=O)N/N=C1\CC2C=CC1/C=C\C=C/2. The minimum Gasteiger partial charge on any atom is -0.350 e. The van der Waals surface area contributed by atoms with Crippen LogP contribution in [-0.2, 0) is 0 Å². The van der Waals surface area contributed by atoms with Gasteiger partial charge in [0.05, 0.1) is 0 Å². The summed E-state index contributed by atoms with van der Waals surface area (Å²) in [5.41, 5.74) is 8.20. The van der Waals surface area contributed by atoms with Crippen molar-refractivity contribution >= 4 is 11.7 Å². The van der Waals surface area contributed by atoms with Crippen molar-refractivity contribution in [3.05, 3.63) is 36.5 Å². The second-order valence-corrected chi connectivity index (χ2v) is 3.63. The van der Waals surface area contributed by atoms with Gasteiger partial charge in [-0.05, 0) is 6.42 Å². The van der Waals surface area contributed by atoms with Crippen LogP contribution in [0, 0.1) is 11.8 Å². The Labute approximate surface area is 88.2 Å². The van der Waals surface area contributed by atoms with Gasteiger partial charge in [0, 0.05) is 17.5 Å². The molecule has 0 aromatic carbocycles. The lowest BCUT2D eigenvalue weighted by molar-refractivity contribution is 0.249. The zero-order valence-corrected chi connectivity index (χ0v) is 8.26. The molecule has 3 aliphatic carbocycles. The van der Waals surface area contributed by atoms with Crippen molar-refractivity contribution in [1.82, 2.24) is 5.43 Å². The lowest BCUT2D eigenvalue weighted by Crippen LogP contribution is -2.29. The number of carbonyl (C=O) groups is 1. The van der Waals surface area contributed by atoms with Crippen LogP contribution in [0.4, 0.5) is 4.79 Å². The molecule has 0 spiro atoms. The number of nitrogens with two attached hydrogens (primary N) is 1. The average molecular weight is 203 g/mol. The topological polar surface area (TPSA) is 67.5 Å². The van der Waals surface area contributed by atoms with Crippen molar-refractivity contribution in [1.29, 1.82) is 0 Å². The summed E-state index contributed by atoms with van der Waals surface area (Å²) < 4.78 is 0. The number of nitrogens with one attached hydrogen (secondary N) is 1. The van der Waals surface area contributed by atoms with Crippen molar-refractivity contribution in [2.45, 2.75) is 6.42 Å². The maximum Gasteiger partial charge on any atom is 0.332 e. The molecule has 0 aromatic rings. The van der Waals surface area contributed by atoms with E-state index in [1.807, 2.05) is 18.2 Å². The maximum atomic E-state index is 10.6. The molecule has 2 bridgehead atoms. The first-order chi connectivity index (χ1) is 7.25. The number of hydrazone groups is 1. The van der Waals surface area contributed by atoms with Crippen LogP contribution in [-0.4, -0.2) is 11.7 Å². The molecule has 2 amide bonds. The molecule has 2 atom stereocenters. The normalized spacial score (nSPS) is 34.5. The highest BCUT2D eigenvalue weighted by molar-refractivity contribution is 5.92. The predicted octanol–water partition coefficient (Wildman–Crippen LogP) is 1.33. The van der Waals surface area contributed by atoms with Crippen molar-refractivity contribution in [2.24, 2.45) is 22.7 Å². The standard InChI is InChI=1S/C11H13N3O/c12-11(15)14-13-10-7-8-3-1-2-4-9(10)6-5-8/h1-6,8-9H,7H2,(H3,12,14,15)/b3-1-,4-2-,13-10+. The first-order valence-electron chi connectivity index (χ1n) is 4.91.